The Morgan fingerprint density at radius 2 is 1.50 bits per heavy atom. The molecule has 0 bridgehead atoms. The Morgan fingerprint density at radius 3 is 2.05 bits per heavy atom. The molecular formula is C18H30ClNO2. The van der Waals surface area contributed by atoms with Crippen molar-refractivity contribution in [1.29, 1.82) is 0 Å². The number of aromatic nitrogens is 1. The predicted molar refractivity (Wildman–Crippen MR) is 84.0 cm³/mol. The van der Waals surface area contributed by atoms with Crippen LogP contribution >= 0.6 is 0 Å². The van der Waals surface area contributed by atoms with Gasteiger partial charge >= 0.3 is 0 Å². The molecule has 4 heteroatoms. The number of halogens is 1. The summed E-state index contributed by atoms with van der Waals surface area (Å²) in [6, 6.07) is 3.53. The van der Waals surface area contributed by atoms with Gasteiger partial charge in [0, 0.05) is 6.07 Å². The summed E-state index contributed by atoms with van der Waals surface area (Å²) in [5.74, 6) is 0.291. The van der Waals surface area contributed by atoms with Crippen LogP contribution in [0.5, 0.6) is 5.75 Å². The van der Waals surface area contributed by atoms with Crippen molar-refractivity contribution >= 4 is 0 Å². The van der Waals surface area contributed by atoms with Gasteiger partial charge in [-0.2, -0.15) is 4.57 Å². The van der Waals surface area contributed by atoms with E-state index in [9.17, 15) is 5.11 Å². The highest BCUT2D eigenvalue weighted by atomic mass is 35.5. The van der Waals surface area contributed by atoms with Crippen LogP contribution in [0.4, 0.5) is 0 Å². The van der Waals surface area contributed by atoms with Crippen LogP contribution < -0.4 is 17.0 Å². The van der Waals surface area contributed by atoms with Crippen LogP contribution in [0.1, 0.15) is 70.6 Å². The Morgan fingerprint density at radius 1 is 0.955 bits per heavy atom. The molecule has 1 aromatic rings. The van der Waals surface area contributed by atoms with Crippen LogP contribution in [0.3, 0.4) is 0 Å². The maximum Gasteiger partial charge on any atom is 0.253 e. The summed E-state index contributed by atoms with van der Waals surface area (Å²) in [6.45, 7) is 0.541. The highest BCUT2D eigenvalue weighted by molar-refractivity contribution is 5.09. The number of nitrogens with zero attached hydrogens (tertiary/aromatic N) is 1. The van der Waals surface area contributed by atoms with E-state index in [1.807, 2.05) is 16.8 Å². The van der Waals surface area contributed by atoms with Crippen molar-refractivity contribution in [3.05, 3.63) is 24.5 Å². The number of aromatic hydroxyl groups is 1. The van der Waals surface area contributed by atoms with Gasteiger partial charge in [0.25, 0.3) is 6.73 Å². The molecule has 22 heavy (non-hydrogen) atoms. The van der Waals surface area contributed by atoms with E-state index in [4.69, 9.17) is 4.74 Å². The van der Waals surface area contributed by atoms with Gasteiger partial charge in [-0.15, -0.1) is 0 Å². The van der Waals surface area contributed by atoms with Crippen molar-refractivity contribution in [1.82, 2.24) is 0 Å². The first-order valence-electron chi connectivity index (χ1n) is 8.64. The van der Waals surface area contributed by atoms with Crippen LogP contribution in [0.2, 0.25) is 0 Å². The van der Waals surface area contributed by atoms with Gasteiger partial charge in [0.1, 0.15) is 0 Å². The second kappa shape index (κ2) is 11.7. The lowest BCUT2D eigenvalue weighted by Crippen LogP contribution is -3.00. The highest BCUT2D eigenvalue weighted by Gasteiger charge is 2.12. The first-order chi connectivity index (χ1) is 10.3. The smallest absolute Gasteiger partial charge is 0.253 e. The minimum atomic E-state index is 0. The van der Waals surface area contributed by atoms with Gasteiger partial charge in [0.05, 0.1) is 6.10 Å². The molecule has 126 valence electrons. The van der Waals surface area contributed by atoms with Crippen LogP contribution in [0.15, 0.2) is 24.5 Å². The summed E-state index contributed by atoms with van der Waals surface area (Å²) in [4.78, 5) is 0. The zero-order valence-corrected chi connectivity index (χ0v) is 14.3. The molecule has 1 aliphatic carbocycles. The monoisotopic (exact) mass is 327 g/mol. The Kier molecular flexibility index (Phi) is 10.3. The number of pyridine rings is 1. The molecule has 2 rings (SSSR count). The van der Waals surface area contributed by atoms with E-state index in [1.54, 1.807) is 12.3 Å². The molecule has 0 aromatic carbocycles. The van der Waals surface area contributed by atoms with E-state index in [1.165, 1.54) is 70.6 Å². The zero-order valence-electron chi connectivity index (χ0n) is 13.6. The molecule has 0 radical (unpaired) electrons. The molecule has 1 saturated carbocycles. The second-order valence-electron chi connectivity index (χ2n) is 6.25. The van der Waals surface area contributed by atoms with E-state index in [2.05, 4.69) is 0 Å². The van der Waals surface area contributed by atoms with Crippen molar-refractivity contribution < 1.29 is 26.8 Å². The van der Waals surface area contributed by atoms with Crippen LogP contribution in [0, 0.1) is 0 Å². The quantitative estimate of drug-likeness (QED) is 0.850. The summed E-state index contributed by atoms with van der Waals surface area (Å²) < 4.78 is 7.99. The van der Waals surface area contributed by atoms with E-state index in [-0.39, 0.29) is 12.4 Å². The molecule has 0 amide bonds. The first-order valence-corrected chi connectivity index (χ1v) is 8.64. The van der Waals surface area contributed by atoms with Gasteiger partial charge in [0.2, 0.25) is 6.20 Å². The Bertz CT molecular complexity index is 388. The summed E-state index contributed by atoms with van der Waals surface area (Å²) >= 11 is 0. The van der Waals surface area contributed by atoms with Gasteiger partial charge < -0.3 is 22.3 Å². The molecule has 0 unspecified atom stereocenters. The summed E-state index contributed by atoms with van der Waals surface area (Å²) in [7, 11) is 0. The fourth-order valence-electron chi connectivity index (χ4n) is 3.07. The molecule has 1 aromatic heterocycles. The minimum Gasteiger partial charge on any atom is -1.00 e. The van der Waals surface area contributed by atoms with Crippen molar-refractivity contribution in [2.75, 3.05) is 0 Å². The van der Waals surface area contributed by atoms with Crippen molar-refractivity contribution in [2.24, 2.45) is 0 Å². The number of hydrogen-bond donors (Lipinski definition) is 1. The number of rotatable bonds is 3. The van der Waals surface area contributed by atoms with E-state index in [0.717, 1.165) is 0 Å². The SMILES string of the molecule is Oc1ccc[n+](COC2CCCCCCCCCCC2)c1.[Cl-]. The van der Waals surface area contributed by atoms with E-state index >= 15 is 0 Å². The number of ether oxygens (including phenoxy) is 1. The third kappa shape index (κ3) is 8.00. The van der Waals surface area contributed by atoms with Gasteiger partial charge in [-0.3, -0.25) is 0 Å². The topological polar surface area (TPSA) is 33.3 Å². The lowest BCUT2D eigenvalue weighted by molar-refractivity contribution is -0.735. The Labute approximate surface area is 141 Å². The van der Waals surface area contributed by atoms with Crippen LogP contribution in [-0.2, 0) is 11.5 Å². The van der Waals surface area contributed by atoms with Crippen molar-refractivity contribution in [2.45, 2.75) is 83.5 Å². The lowest BCUT2D eigenvalue weighted by atomic mass is 9.99. The first kappa shape index (κ1) is 19.2. The van der Waals surface area contributed by atoms with Gasteiger partial charge in [-0.25, -0.2) is 0 Å². The molecule has 1 fully saturated rings. The van der Waals surface area contributed by atoms with E-state index < -0.39 is 0 Å². The van der Waals surface area contributed by atoms with E-state index in [0.29, 0.717) is 18.6 Å². The van der Waals surface area contributed by atoms with Crippen molar-refractivity contribution in [3.8, 4) is 5.75 Å². The molecule has 0 saturated heterocycles. The van der Waals surface area contributed by atoms with Gasteiger partial charge in [-0.1, -0.05) is 57.8 Å². The molecule has 0 spiro atoms. The lowest BCUT2D eigenvalue weighted by Gasteiger charge is -2.17. The zero-order chi connectivity index (χ0) is 14.8. The normalized spacial score (nSPS) is 18.7. The number of hydrogen-bond acceptors (Lipinski definition) is 2. The average molecular weight is 328 g/mol. The summed E-state index contributed by atoms with van der Waals surface area (Å²) in [5.41, 5.74) is 0. The fourth-order valence-corrected chi connectivity index (χ4v) is 3.07. The fraction of sp³-hybridized carbons (Fsp3) is 0.722. The third-order valence-corrected chi connectivity index (χ3v) is 4.35. The molecule has 1 N–H and O–H groups in total. The average Bonchev–Trinajstić information content (AvgIpc) is 2.47. The summed E-state index contributed by atoms with van der Waals surface area (Å²) in [5, 5.41) is 9.48. The van der Waals surface area contributed by atoms with Gasteiger partial charge in [-0.05, 0) is 18.9 Å². The molecule has 0 atom stereocenters. The third-order valence-electron chi connectivity index (χ3n) is 4.35. The maximum absolute atomic E-state index is 9.48. The molecule has 3 nitrogen and oxygen atoms in total. The standard InChI is InChI=1S/C18H29NO2.ClH/c20-17-11-10-14-19(15-17)16-21-18-12-8-6-4-2-1-3-5-7-9-13-18;/h10-11,14-15,18H,1-9,12-13,16H2;1H. The molecule has 0 aliphatic heterocycles. The highest BCUT2D eigenvalue weighted by Crippen LogP contribution is 2.18. The molecule has 1 heterocycles. The largest absolute Gasteiger partial charge is 1.00 e. The molecule has 1 aliphatic rings. The predicted octanol–water partition coefficient (Wildman–Crippen LogP) is 1.33. The summed E-state index contributed by atoms with van der Waals surface area (Å²) in [6.07, 6.45) is 18.7. The van der Waals surface area contributed by atoms with Crippen LogP contribution in [-0.4, -0.2) is 11.2 Å². The second-order valence-corrected chi connectivity index (χ2v) is 6.25. The minimum absolute atomic E-state index is 0. The Hall–Kier alpha value is -0.800. The van der Waals surface area contributed by atoms with Gasteiger partial charge in [0.15, 0.2) is 11.9 Å². The van der Waals surface area contributed by atoms with Crippen LogP contribution in [0.25, 0.3) is 0 Å². The Balaban J connectivity index is 0.00000242. The maximum atomic E-state index is 9.48. The van der Waals surface area contributed by atoms with Crippen molar-refractivity contribution in [3.63, 3.8) is 0 Å². The molecular weight excluding hydrogens is 298 g/mol.